The molecule has 0 unspecified atom stereocenters. The second kappa shape index (κ2) is 7.25. The zero-order valence-corrected chi connectivity index (χ0v) is 15.6. The summed E-state index contributed by atoms with van der Waals surface area (Å²) < 4.78 is 26.7. The molecule has 0 spiro atoms. The third-order valence-electron chi connectivity index (χ3n) is 5.15. The Morgan fingerprint density at radius 2 is 1.42 bits per heavy atom. The normalized spacial score (nSPS) is 19.1. The number of sulfonamides is 1. The number of anilines is 2. The van der Waals surface area contributed by atoms with Crippen LogP contribution in [0.25, 0.3) is 0 Å². The topological polar surface area (TPSA) is 56.8 Å². The van der Waals surface area contributed by atoms with Crippen molar-refractivity contribution in [3.8, 4) is 0 Å². The lowest BCUT2D eigenvalue weighted by Crippen LogP contribution is -2.46. The lowest BCUT2D eigenvalue weighted by Gasteiger charge is -2.36. The van der Waals surface area contributed by atoms with Crippen molar-refractivity contribution >= 4 is 21.5 Å². The lowest BCUT2D eigenvalue weighted by atomic mass is 10.2. The van der Waals surface area contributed by atoms with E-state index in [4.69, 9.17) is 0 Å². The van der Waals surface area contributed by atoms with E-state index in [0.717, 1.165) is 44.8 Å². The Morgan fingerprint density at radius 3 is 2.04 bits per heavy atom. The SMILES string of the molecule is O=S(=O)(c1ccc(N2CCN(c3ccccc3)CC2)nc1)N1CCCC1. The number of nitrogens with zero attached hydrogens (tertiary/aromatic N) is 4. The van der Waals surface area contributed by atoms with E-state index in [1.54, 1.807) is 10.4 Å². The smallest absolute Gasteiger partial charge is 0.244 e. The molecule has 1 aromatic heterocycles. The first-order valence-corrected chi connectivity index (χ1v) is 10.6. The summed E-state index contributed by atoms with van der Waals surface area (Å²) in [6.45, 7) is 4.84. The van der Waals surface area contributed by atoms with Gasteiger partial charge in [-0.3, -0.25) is 0 Å². The van der Waals surface area contributed by atoms with E-state index < -0.39 is 10.0 Å². The Kier molecular flexibility index (Phi) is 4.82. The standard InChI is InChI=1S/C19H24N4O2S/c24-26(25,23-10-4-5-11-23)18-8-9-19(20-16-18)22-14-12-21(13-15-22)17-6-2-1-3-7-17/h1-3,6-9,16H,4-5,10-15H2. The lowest BCUT2D eigenvalue weighted by molar-refractivity contribution is 0.477. The Hall–Kier alpha value is -2.12. The molecule has 0 aliphatic carbocycles. The Balaban J connectivity index is 1.42. The Bertz CT molecular complexity index is 826. The molecule has 2 aromatic rings. The largest absolute Gasteiger partial charge is 0.368 e. The van der Waals surface area contributed by atoms with Gasteiger partial charge < -0.3 is 9.80 Å². The van der Waals surface area contributed by atoms with Crippen LogP contribution in [0.5, 0.6) is 0 Å². The van der Waals surface area contributed by atoms with E-state index in [-0.39, 0.29) is 0 Å². The number of rotatable bonds is 4. The van der Waals surface area contributed by atoms with Gasteiger partial charge in [0.2, 0.25) is 10.0 Å². The Morgan fingerprint density at radius 1 is 0.769 bits per heavy atom. The van der Waals surface area contributed by atoms with Crippen molar-refractivity contribution in [3.05, 3.63) is 48.7 Å². The van der Waals surface area contributed by atoms with Crippen LogP contribution in [0.1, 0.15) is 12.8 Å². The molecule has 2 aliphatic heterocycles. The first kappa shape index (κ1) is 17.3. The Labute approximate surface area is 155 Å². The first-order valence-electron chi connectivity index (χ1n) is 9.16. The maximum absolute atomic E-state index is 12.6. The molecule has 0 bridgehead atoms. The average molecular weight is 372 g/mol. The van der Waals surface area contributed by atoms with Crippen LogP contribution in [0, 0.1) is 0 Å². The molecule has 0 radical (unpaired) electrons. The molecule has 2 fully saturated rings. The van der Waals surface area contributed by atoms with Gasteiger partial charge in [-0.1, -0.05) is 18.2 Å². The highest BCUT2D eigenvalue weighted by Crippen LogP contribution is 2.23. The fourth-order valence-corrected chi connectivity index (χ4v) is 5.09. The van der Waals surface area contributed by atoms with Crippen molar-refractivity contribution in [1.29, 1.82) is 0 Å². The monoisotopic (exact) mass is 372 g/mol. The van der Waals surface area contributed by atoms with Crippen LogP contribution in [0.3, 0.4) is 0 Å². The van der Waals surface area contributed by atoms with E-state index in [1.807, 2.05) is 12.1 Å². The first-order chi connectivity index (χ1) is 12.6. The molecular formula is C19H24N4O2S. The van der Waals surface area contributed by atoms with Gasteiger partial charge in [0, 0.05) is 51.2 Å². The molecule has 1 aromatic carbocycles. The van der Waals surface area contributed by atoms with E-state index in [9.17, 15) is 8.42 Å². The van der Waals surface area contributed by atoms with Crippen LogP contribution in [-0.4, -0.2) is 57.0 Å². The van der Waals surface area contributed by atoms with Gasteiger partial charge in [-0.2, -0.15) is 4.31 Å². The number of benzene rings is 1. The summed E-state index contributed by atoms with van der Waals surface area (Å²) in [7, 11) is -3.39. The highest BCUT2D eigenvalue weighted by Gasteiger charge is 2.27. The van der Waals surface area contributed by atoms with E-state index in [0.29, 0.717) is 18.0 Å². The molecule has 7 heteroatoms. The maximum Gasteiger partial charge on any atom is 0.244 e. The van der Waals surface area contributed by atoms with E-state index in [1.165, 1.54) is 11.9 Å². The fraction of sp³-hybridized carbons (Fsp3) is 0.421. The quantitative estimate of drug-likeness (QED) is 0.823. The second-order valence-corrected chi connectivity index (χ2v) is 8.71. The minimum absolute atomic E-state index is 0.297. The molecule has 3 heterocycles. The van der Waals surface area contributed by atoms with Crippen LogP contribution in [0.15, 0.2) is 53.6 Å². The highest BCUT2D eigenvalue weighted by atomic mass is 32.2. The summed E-state index contributed by atoms with van der Waals surface area (Å²) in [5.41, 5.74) is 1.24. The number of hydrogen-bond donors (Lipinski definition) is 0. The van der Waals surface area contributed by atoms with Crippen molar-refractivity contribution in [2.45, 2.75) is 17.7 Å². The van der Waals surface area contributed by atoms with Crippen molar-refractivity contribution in [3.63, 3.8) is 0 Å². The predicted molar refractivity (Wildman–Crippen MR) is 103 cm³/mol. The van der Waals surface area contributed by atoms with Crippen LogP contribution in [0.2, 0.25) is 0 Å². The molecule has 138 valence electrons. The van der Waals surface area contributed by atoms with Gasteiger partial charge in [0.25, 0.3) is 0 Å². The second-order valence-electron chi connectivity index (χ2n) is 6.77. The number of hydrogen-bond acceptors (Lipinski definition) is 5. The molecule has 0 atom stereocenters. The van der Waals surface area contributed by atoms with Gasteiger partial charge in [-0.05, 0) is 37.1 Å². The van der Waals surface area contributed by atoms with Crippen molar-refractivity contribution < 1.29 is 8.42 Å². The minimum Gasteiger partial charge on any atom is -0.368 e. The maximum atomic E-state index is 12.6. The van der Waals surface area contributed by atoms with Gasteiger partial charge in [-0.25, -0.2) is 13.4 Å². The van der Waals surface area contributed by atoms with E-state index >= 15 is 0 Å². The number of pyridine rings is 1. The van der Waals surface area contributed by atoms with Crippen LogP contribution in [-0.2, 0) is 10.0 Å². The van der Waals surface area contributed by atoms with Crippen LogP contribution < -0.4 is 9.80 Å². The van der Waals surface area contributed by atoms with Gasteiger partial charge in [0.05, 0.1) is 0 Å². The molecule has 6 nitrogen and oxygen atoms in total. The van der Waals surface area contributed by atoms with Crippen LogP contribution >= 0.6 is 0 Å². The molecule has 26 heavy (non-hydrogen) atoms. The minimum atomic E-state index is -3.39. The van der Waals surface area contributed by atoms with Gasteiger partial charge in [0.15, 0.2) is 0 Å². The molecule has 4 rings (SSSR count). The molecule has 2 saturated heterocycles. The summed E-state index contributed by atoms with van der Waals surface area (Å²) in [4.78, 5) is 9.31. The molecule has 2 aliphatic rings. The molecule has 0 N–H and O–H groups in total. The molecular weight excluding hydrogens is 348 g/mol. The molecule has 0 saturated carbocycles. The van der Waals surface area contributed by atoms with E-state index in [2.05, 4.69) is 39.0 Å². The summed E-state index contributed by atoms with van der Waals surface area (Å²) in [5, 5.41) is 0. The highest BCUT2D eigenvalue weighted by molar-refractivity contribution is 7.89. The molecule has 0 amide bonds. The van der Waals surface area contributed by atoms with Crippen molar-refractivity contribution in [2.24, 2.45) is 0 Å². The van der Waals surface area contributed by atoms with Gasteiger partial charge in [0.1, 0.15) is 10.7 Å². The third-order valence-corrected chi connectivity index (χ3v) is 7.03. The van der Waals surface area contributed by atoms with Crippen molar-refractivity contribution in [2.75, 3.05) is 49.1 Å². The predicted octanol–water partition coefficient (Wildman–Crippen LogP) is 2.19. The summed E-state index contributed by atoms with van der Waals surface area (Å²) in [5.74, 6) is 0.845. The zero-order valence-electron chi connectivity index (χ0n) is 14.8. The summed E-state index contributed by atoms with van der Waals surface area (Å²) in [6.07, 6.45) is 3.39. The number of aromatic nitrogens is 1. The van der Waals surface area contributed by atoms with Crippen LogP contribution in [0.4, 0.5) is 11.5 Å². The van der Waals surface area contributed by atoms with Crippen molar-refractivity contribution in [1.82, 2.24) is 9.29 Å². The average Bonchev–Trinajstić information content (AvgIpc) is 3.25. The summed E-state index contributed by atoms with van der Waals surface area (Å²) >= 11 is 0. The third kappa shape index (κ3) is 3.41. The zero-order chi connectivity index (χ0) is 18.0. The summed E-state index contributed by atoms with van der Waals surface area (Å²) in [6, 6.07) is 13.9. The number of para-hydroxylation sites is 1. The number of piperazine rings is 1. The van der Waals surface area contributed by atoms with Gasteiger partial charge in [-0.15, -0.1) is 0 Å². The van der Waals surface area contributed by atoms with Gasteiger partial charge >= 0.3 is 0 Å². The fourth-order valence-electron chi connectivity index (χ4n) is 3.62.